The molecule has 0 heterocycles. The molecule has 3 heteroatoms. The highest BCUT2D eigenvalue weighted by Crippen LogP contribution is 2.44. The van der Waals surface area contributed by atoms with Gasteiger partial charge < -0.3 is 14.8 Å². The van der Waals surface area contributed by atoms with Crippen molar-refractivity contribution in [1.82, 2.24) is 0 Å². The second-order valence-corrected chi connectivity index (χ2v) is 6.07. The van der Waals surface area contributed by atoms with Crippen LogP contribution < -0.4 is 10.1 Å². The van der Waals surface area contributed by atoms with Crippen molar-refractivity contribution in [2.75, 3.05) is 18.5 Å². The third-order valence-electron chi connectivity index (χ3n) is 4.21. The molecule has 2 atom stereocenters. The number of rotatable bonds is 7. The fourth-order valence-corrected chi connectivity index (χ4v) is 2.68. The Morgan fingerprint density at radius 2 is 1.90 bits per heavy atom. The van der Waals surface area contributed by atoms with Crippen LogP contribution in [0.4, 0.5) is 5.69 Å². The first kappa shape index (κ1) is 15.2. The number of benzene rings is 1. The third kappa shape index (κ3) is 3.26. The van der Waals surface area contributed by atoms with Gasteiger partial charge in [0, 0.05) is 23.8 Å². The van der Waals surface area contributed by atoms with Crippen LogP contribution in [-0.2, 0) is 4.74 Å². The zero-order chi connectivity index (χ0) is 14.6. The summed E-state index contributed by atoms with van der Waals surface area (Å²) in [6, 6.07) is 8.72. The minimum atomic E-state index is 0.188. The van der Waals surface area contributed by atoms with Crippen LogP contribution in [0.1, 0.15) is 40.5 Å². The van der Waals surface area contributed by atoms with Gasteiger partial charge in [-0.3, -0.25) is 0 Å². The highest BCUT2D eigenvalue weighted by molar-refractivity contribution is 5.48. The summed E-state index contributed by atoms with van der Waals surface area (Å²) < 4.78 is 11.4. The van der Waals surface area contributed by atoms with Gasteiger partial charge in [-0.05, 0) is 44.0 Å². The lowest BCUT2D eigenvalue weighted by Crippen LogP contribution is -2.58. The van der Waals surface area contributed by atoms with E-state index in [9.17, 15) is 0 Å². The lowest BCUT2D eigenvalue weighted by molar-refractivity contribution is -0.0975. The maximum absolute atomic E-state index is 5.76. The molecule has 0 saturated heterocycles. The average Bonchev–Trinajstić information content (AvgIpc) is 2.45. The quantitative estimate of drug-likeness (QED) is 0.814. The van der Waals surface area contributed by atoms with Gasteiger partial charge in [0.15, 0.2) is 0 Å². The molecule has 0 spiro atoms. The predicted octanol–water partition coefficient (Wildman–Crippen LogP) is 4.09. The molecule has 0 aliphatic heterocycles. The lowest BCUT2D eigenvalue weighted by Gasteiger charge is -2.52. The Hall–Kier alpha value is -1.22. The summed E-state index contributed by atoms with van der Waals surface area (Å²) >= 11 is 0. The maximum Gasteiger partial charge on any atom is 0.119 e. The second-order valence-electron chi connectivity index (χ2n) is 6.07. The van der Waals surface area contributed by atoms with Crippen LogP contribution in [0.2, 0.25) is 0 Å². The van der Waals surface area contributed by atoms with E-state index in [1.807, 2.05) is 12.1 Å². The van der Waals surface area contributed by atoms with Crippen LogP contribution in [0.15, 0.2) is 24.3 Å². The van der Waals surface area contributed by atoms with Gasteiger partial charge in [0.2, 0.25) is 0 Å². The lowest BCUT2D eigenvalue weighted by atomic mass is 9.64. The van der Waals surface area contributed by atoms with Gasteiger partial charge in [0.05, 0.1) is 12.7 Å². The van der Waals surface area contributed by atoms with Gasteiger partial charge in [-0.25, -0.2) is 0 Å². The van der Waals surface area contributed by atoms with Gasteiger partial charge in [-0.2, -0.15) is 0 Å². The largest absolute Gasteiger partial charge is 0.494 e. The summed E-state index contributed by atoms with van der Waals surface area (Å²) in [5.74, 6) is 0.942. The van der Waals surface area contributed by atoms with Gasteiger partial charge >= 0.3 is 0 Å². The van der Waals surface area contributed by atoms with Crippen molar-refractivity contribution in [3.63, 3.8) is 0 Å². The monoisotopic (exact) mass is 277 g/mol. The van der Waals surface area contributed by atoms with Crippen molar-refractivity contribution in [2.24, 2.45) is 5.41 Å². The van der Waals surface area contributed by atoms with E-state index in [4.69, 9.17) is 9.47 Å². The minimum absolute atomic E-state index is 0.188. The molecule has 0 aromatic heterocycles. The first-order valence-electron chi connectivity index (χ1n) is 7.69. The first-order valence-corrected chi connectivity index (χ1v) is 7.69. The molecular weight excluding hydrogens is 250 g/mol. The molecule has 1 aromatic carbocycles. The number of nitrogens with one attached hydrogen (secondary N) is 1. The van der Waals surface area contributed by atoms with Crippen molar-refractivity contribution >= 4 is 5.69 Å². The van der Waals surface area contributed by atoms with Gasteiger partial charge in [-0.1, -0.05) is 20.8 Å². The van der Waals surface area contributed by atoms with Gasteiger partial charge in [0.25, 0.3) is 0 Å². The molecule has 1 N–H and O–H groups in total. The molecule has 0 bridgehead atoms. The Labute approximate surface area is 122 Å². The minimum Gasteiger partial charge on any atom is -0.494 e. The molecule has 2 rings (SSSR count). The highest BCUT2D eigenvalue weighted by Gasteiger charge is 2.48. The summed E-state index contributed by atoms with van der Waals surface area (Å²) in [6.45, 7) is 10.3. The summed E-state index contributed by atoms with van der Waals surface area (Å²) in [5.41, 5.74) is 1.34. The molecule has 2 unspecified atom stereocenters. The van der Waals surface area contributed by atoms with E-state index in [0.29, 0.717) is 12.1 Å². The standard InChI is InChI=1S/C17H27NO2/c1-5-11-20-14-9-7-13(8-10-14)18-15-12-16(19-6-2)17(15,3)4/h7-10,15-16,18H,5-6,11-12H2,1-4H3. The average molecular weight is 277 g/mol. The number of hydrogen-bond acceptors (Lipinski definition) is 3. The van der Waals surface area contributed by atoms with Crippen molar-refractivity contribution < 1.29 is 9.47 Å². The van der Waals surface area contributed by atoms with E-state index < -0.39 is 0 Å². The fourth-order valence-electron chi connectivity index (χ4n) is 2.68. The van der Waals surface area contributed by atoms with E-state index in [0.717, 1.165) is 37.5 Å². The van der Waals surface area contributed by atoms with Crippen LogP contribution in [0.3, 0.4) is 0 Å². The third-order valence-corrected chi connectivity index (χ3v) is 4.21. The Morgan fingerprint density at radius 1 is 1.20 bits per heavy atom. The van der Waals surface area contributed by atoms with E-state index in [1.54, 1.807) is 0 Å². The number of anilines is 1. The molecule has 112 valence electrons. The number of ether oxygens (including phenoxy) is 2. The Bertz CT molecular complexity index is 414. The molecule has 1 aliphatic carbocycles. The summed E-state index contributed by atoms with van der Waals surface area (Å²) in [6.07, 6.45) is 2.49. The fraction of sp³-hybridized carbons (Fsp3) is 0.647. The zero-order valence-electron chi connectivity index (χ0n) is 13.1. The normalized spacial score (nSPS) is 24.0. The molecule has 1 aromatic rings. The molecule has 0 radical (unpaired) electrons. The van der Waals surface area contributed by atoms with Crippen molar-refractivity contribution in [3.8, 4) is 5.75 Å². The Balaban J connectivity index is 1.88. The van der Waals surface area contributed by atoms with Crippen LogP contribution in [0.25, 0.3) is 0 Å². The van der Waals surface area contributed by atoms with E-state index in [-0.39, 0.29) is 5.41 Å². The summed E-state index contributed by atoms with van der Waals surface area (Å²) in [7, 11) is 0. The van der Waals surface area contributed by atoms with Crippen molar-refractivity contribution in [1.29, 1.82) is 0 Å². The van der Waals surface area contributed by atoms with Crippen LogP contribution >= 0.6 is 0 Å². The molecule has 0 amide bonds. The van der Waals surface area contributed by atoms with E-state index in [1.165, 1.54) is 0 Å². The van der Waals surface area contributed by atoms with Crippen molar-refractivity contribution in [2.45, 2.75) is 52.7 Å². The zero-order valence-corrected chi connectivity index (χ0v) is 13.1. The van der Waals surface area contributed by atoms with Gasteiger partial charge in [-0.15, -0.1) is 0 Å². The molecule has 1 saturated carbocycles. The van der Waals surface area contributed by atoms with Crippen LogP contribution in [-0.4, -0.2) is 25.4 Å². The molecule has 3 nitrogen and oxygen atoms in total. The molecular formula is C17H27NO2. The SMILES string of the molecule is CCCOc1ccc(NC2CC(OCC)C2(C)C)cc1. The summed E-state index contributed by atoms with van der Waals surface area (Å²) in [4.78, 5) is 0. The predicted molar refractivity (Wildman–Crippen MR) is 83.5 cm³/mol. The van der Waals surface area contributed by atoms with Crippen LogP contribution in [0, 0.1) is 5.41 Å². The topological polar surface area (TPSA) is 30.5 Å². The second kappa shape index (κ2) is 6.49. The van der Waals surface area contributed by atoms with Crippen LogP contribution in [0.5, 0.6) is 5.75 Å². The first-order chi connectivity index (χ1) is 9.57. The molecule has 20 heavy (non-hydrogen) atoms. The van der Waals surface area contributed by atoms with E-state index >= 15 is 0 Å². The Kier molecular flexibility index (Phi) is 4.92. The molecule has 1 aliphatic rings. The van der Waals surface area contributed by atoms with Gasteiger partial charge in [0.1, 0.15) is 5.75 Å². The molecule has 1 fully saturated rings. The van der Waals surface area contributed by atoms with E-state index in [2.05, 4.69) is 45.1 Å². The number of hydrogen-bond donors (Lipinski definition) is 1. The Morgan fingerprint density at radius 3 is 2.45 bits per heavy atom. The highest BCUT2D eigenvalue weighted by atomic mass is 16.5. The smallest absolute Gasteiger partial charge is 0.119 e. The summed E-state index contributed by atoms with van der Waals surface area (Å²) in [5, 5.41) is 3.60. The van der Waals surface area contributed by atoms with Crippen molar-refractivity contribution in [3.05, 3.63) is 24.3 Å². The maximum atomic E-state index is 5.76.